The molecule has 0 aromatic carbocycles. The molecule has 5 saturated heterocycles. The highest BCUT2D eigenvalue weighted by Gasteiger charge is 2.65. The average molecular weight is 703 g/mol. The lowest BCUT2D eigenvalue weighted by Gasteiger charge is -2.44. The fourth-order valence-electron chi connectivity index (χ4n) is 10.7. The van der Waals surface area contributed by atoms with Crippen LogP contribution < -0.4 is 0 Å². The first-order chi connectivity index (χ1) is 24.2. The predicted molar refractivity (Wildman–Crippen MR) is 176 cm³/mol. The third-order valence-corrected chi connectivity index (χ3v) is 13.0. The molecule has 3 spiro atoms. The summed E-state index contributed by atoms with van der Waals surface area (Å²) in [5.41, 5.74) is 0.168. The van der Waals surface area contributed by atoms with Crippen LogP contribution in [0.25, 0.3) is 0 Å². The molecule has 11 nitrogen and oxygen atoms in total. The van der Waals surface area contributed by atoms with E-state index in [0.29, 0.717) is 12.2 Å². The van der Waals surface area contributed by atoms with Crippen LogP contribution in [0, 0.1) is 5.41 Å². The molecule has 11 heteroatoms. The number of hydrogen-bond donors (Lipinski definition) is 0. The van der Waals surface area contributed by atoms with Gasteiger partial charge in [0.2, 0.25) is 0 Å². The van der Waals surface area contributed by atoms with Gasteiger partial charge in [0.1, 0.15) is 12.2 Å². The number of ether oxygens (including phenoxy) is 7. The third kappa shape index (κ3) is 7.64. The molecule has 4 aliphatic carbocycles. The summed E-state index contributed by atoms with van der Waals surface area (Å²) in [4.78, 5) is 32.5. The van der Waals surface area contributed by atoms with Gasteiger partial charge in [0.15, 0.2) is 11.6 Å². The van der Waals surface area contributed by atoms with Gasteiger partial charge in [-0.1, -0.05) is 45.8 Å². The second-order valence-corrected chi connectivity index (χ2v) is 16.3. The Kier molecular flexibility index (Phi) is 12.2. The van der Waals surface area contributed by atoms with Gasteiger partial charge in [-0.15, -0.1) is 0 Å². The molecule has 5 aliphatic heterocycles. The Hall–Kier alpha value is -1.78. The first-order valence-electron chi connectivity index (χ1n) is 19.5. The summed E-state index contributed by atoms with van der Waals surface area (Å²) in [5.74, 6) is -0.568. The van der Waals surface area contributed by atoms with Gasteiger partial charge in [-0.2, -0.15) is 19.2 Å². The number of rotatable bonds is 4. The van der Waals surface area contributed by atoms with Crippen molar-refractivity contribution in [2.45, 2.75) is 215 Å². The Bertz CT molecular complexity index is 1220. The summed E-state index contributed by atoms with van der Waals surface area (Å²) in [7, 11) is 0. The van der Waals surface area contributed by atoms with E-state index in [-0.39, 0.29) is 77.6 Å². The van der Waals surface area contributed by atoms with Crippen molar-refractivity contribution < 1.29 is 52.3 Å². The molecule has 0 radical (unpaired) electrons. The van der Waals surface area contributed by atoms with Crippen molar-refractivity contribution in [2.24, 2.45) is 5.41 Å². The van der Waals surface area contributed by atoms with Crippen LogP contribution in [0.5, 0.6) is 0 Å². The molecule has 9 fully saturated rings. The van der Waals surface area contributed by atoms with Gasteiger partial charge in [0.05, 0.1) is 48.3 Å². The molecule has 3 unspecified atom stereocenters. The van der Waals surface area contributed by atoms with Crippen molar-refractivity contribution in [3.63, 3.8) is 0 Å². The summed E-state index contributed by atoms with van der Waals surface area (Å²) < 4.78 is 45.3. The van der Waals surface area contributed by atoms with E-state index in [9.17, 15) is 0 Å². The predicted octanol–water partition coefficient (Wildman–Crippen LogP) is 6.51. The largest absolute Gasteiger partial charge is 0.373 e. The van der Waals surface area contributed by atoms with Crippen LogP contribution in [0.15, 0.2) is 12.2 Å². The van der Waals surface area contributed by atoms with Gasteiger partial charge in [-0.05, 0) is 76.0 Å². The van der Waals surface area contributed by atoms with Crippen LogP contribution >= 0.6 is 0 Å². The van der Waals surface area contributed by atoms with Crippen LogP contribution in [0.3, 0.4) is 0 Å². The highest BCUT2D eigenvalue weighted by atomic mass is 16.8. The monoisotopic (exact) mass is 702 g/mol. The summed E-state index contributed by atoms with van der Waals surface area (Å²) in [5, 5.41) is 0. The topological polar surface area (TPSA) is 133 Å². The summed E-state index contributed by atoms with van der Waals surface area (Å²) in [6.45, 7) is 6.80. The molecular weight excluding hydrogens is 644 g/mol. The van der Waals surface area contributed by atoms with Gasteiger partial charge in [-0.3, -0.25) is 0 Å². The molecule has 9 rings (SSSR count). The molecule has 4 saturated carbocycles. The molecule has 280 valence electrons. The van der Waals surface area contributed by atoms with Crippen LogP contribution in [-0.2, 0) is 52.3 Å². The van der Waals surface area contributed by atoms with Crippen molar-refractivity contribution in [2.75, 3.05) is 0 Å². The summed E-state index contributed by atoms with van der Waals surface area (Å²) in [6, 6.07) is 0. The Morgan fingerprint density at radius 1 is 0.620 bits per heavy atom. The van der Waals surface area contributed by atoms with Crippen molar-refractivity contribution in [1.29, 1.82) is 0 Å². The number of carbonyl (C=O) groups excluding carboxylic acids is 4. The molecular formula is C39H58O11. The number of hydrogen-bond acceptors (Lipinski definition) is 11. The highest BCUT2D eigenvalue weighted by Crippen LogP contribution is 2.57. The van der Waals surface area contributed by atoms with Crippen LogP contribution in [-0.4, -0.2) is 84.4 Å². The third-order valence-electron chi connectivity index (χ3n) is 13.0. The van der Waals surface area contributed by atoms with Crippen molar-refractivity contribution >= 4 is 12.3 Å². The van der Waals surface area contributed by atoms with E-state index in [1.165, 1.54) is 38.5 Å². The summed E-state index contributed by atoms with van der Waals surface area (Å²) >= 11 is 0. The van der Waals surface area contributed by atoms with E-state index in [0.717, 1.165) is 83.5 Å². The average Bonchev–Trinajstić information content (AvgIpc) is 3.81. The van der Waals surface area contributed by atoms with E-state index < -0.39 is 0 Å². The molecule has 0 aromatic heterocycles. The zero-order valence-corrected chi connectivity index (χ0v) is 30.3. The maximum atomic E-state index is 8.12. The van der Waals surface area contributed by atoms with E-state index in [1.807, 2.05) is 0 Å². The molecule has 4 bridgehead atoms. The minimum Gasteiger partial charge on any atom is -0.371 e. The minimum absolute atomic E-state index is 0.0890. The highest BCUT2D eigenvalue weighted by molar-refractivity contribution is 5.20. The standard InChI is InChI=1S/C19H30O3.C18H28O4.2CO2/c1-3-4-6-9-16-18(2)12-14(20-16)17-15(13-18)21-19(22-17)10-7-5-8-11-19;1-2-12-6-7-15-17(20-12)10-13(19-15)16-14(11-17)21-18(22-16)8-4-3-5-9-18;2*2-1-3/h4,6,14-17H,3,5,7-13H2,1-2H3;12-16H,2-11H2,1H3;;/b6-4+;;;/t14-,15-,16+,17?,18+;12-,13+,14+,15-,16?,17?;;/m10../s1. The second kappa shape index (κ2) is 16.1. The molecule has 50 heavy (non-hydrogen) atoms. The lowest BCUT2D eigenvalue weighted by atomic mass is 9.70. The summed E-state index contributed by atoms with van der Waals surface area (Å²) in [6.07, 6.45) is 28.8. The number of allylic oxidation sites excluding steroid dienone is 1. The fraction of sp³-hybridized carbons (Fsp3) is 0.897. The van der Waals surface area contributed by atoms with Crippen LogP contribution in [0.4, 0.5) is 0 Å². The molecule has 0 aromatic rings. The zero-order chi connectivity index (χ0) is 35.4. The Morgan fingerprint density at radius 2 is 1.14 bits per heavy atom. The zero-order valence-electron chi connectivity index (χ0n) is 30.3. The molecule has 9 aliphatic rings. The molecule has 11 atom stereocenters. The van der Waals surface area contributed by atoms with E-state index >= 15 is 0 Å². The molecule has 0 amide bonds. The lowest BCUT2D eigenvalue weighted by Crippen LogP contribution is -2.53. The lowest BCUT2D eigenvalue weighted by molar-refractivity contribution is -0.215. The normalized spacial score (nSPS) is 43.9. The second-order valence-electron chi connectivity index (χ2n) is 16.3. The van der Waals surface area contributed by atoms with E-state index in [2.05, 4.69) is 32.9 Å². The van der Waals surface area contributed by atoms with E-state index in [4.69, 9.17) is 52.3 Å². The maximum absolute atomic E-state index is 8.12. The van der Waals surface area contributed by atoms with Crippen LogP contribution in [0.2, 0.25) is 0 Å². The van der Waals surface area contributed by atoms with Crippen molar-refractivity contribution in [3.8, 4) is 0 Å². The first kappa shape index (κ1) is 38.0. The van der Waals surface area contributed by atoms with Crippen molar-refractivity contribution in [1.82, 2.24) is 0 Å². The van der Waals surface area contributed by atoms with Gasteiger partial charge < -0.3 is 33.2 Å². The Morgan fingerprint density at radius 3 is 1.70 bits per heavy atom. The maximum Gasteiger partial charge on any atom is 0.373 e. The van der Waals surface area contributed by atoms with Crippen LogP contribution in [0.1, 0.15) is 143 Å². The smallest absolute Gasteiger partial charge is 0.371 e. The van der Waals surface area contributed by atoms with Gasteiger partial charge >= 0.3 is 12.3 Å². The Balaban J connectivity index is 0.000000150. The van der Waals surface area contributed by atoms with Gasteiger partial charge in [0, 0.05) is 38.5 Å². The number of fused-ring (bicyclic) bond motifs is 7. The molecule has 0 N–H and O–H groups in total. The SMILES string of the molecule is CC/C=C/C[C@@H]1O[C@@H]2C[C@@]1(C)C[C@H]1OC3(CCCCC3)OC21.CC[C@H]1CC[C@@H]2O[C@@H]3CC2(C[C@H]2OC4(CCCCC4)OC32)O1.O=C=O.O=C=O. The van der Waals surface area contributed by atoms with Gasteiger partial charge in [-0.25, -0.2) is 0 Å². The minimum atomic E-state index is -0.299. The molecule has 5 heterocycles. The first-order valence-corrected chi connectivity index (χ1v) is 19.5. The van der Waals surface area contributed by atoms with E-state index in [1.54, 1.807) is 0 Å². The van der Waals surface area contributed by atoms with Crippen molar-refractivity contribution in [3.05, 3.63) is 12.2 Å². The van der Waals surface area contributed by atoms with Gasteiger partial charge in [0.25, 0.3) is 0 Å². The fourth-order valence-corrected chi connectivity index (χ4v) is 10.7. The Labute approximate surface area is 296 Å². The quantitative estimate of drug-likeness (QED) is 0.297.